The molecule has 1 aromatic carbocycles. The zero-order valence-corrected chi connectivity index (χ0v) is 9.86. The highest BCUT2D eigenvalue weighted by atomic mass is 19.1. The van der Waals surface area contributed by atoms with E-state index in [1.54, 1.807) is 12.1 Å². The van der Waals surface area contributed by atoms with Crippen LogP contribution in [0.5, 0.6) is 0 Å². The van der Waals surface area contributed by atoms with Gasteiger partial charge in [-0.1, -0.05) is 25.0 Å². The predicted octanol–water partition coefficient (Wildman–Crippen LogP) is 2.77. The molecule has 0 aliphatic heterocycles. The van der Waals surface area contributed by atoms with Gasteiger partial charge in [-0.3, -0.25) is 4.79 Å². The first kappa shape index (κ1) is 12.2. The molecule has 2 unspecified atom stereocenters. The molecule has 0 radical (unpaired) electrons. The second-order valence-electron chi connectivity index (χ2n) is 4.76. The van der Waals surface area contributed by atoms with Gasteiger partial charge in [-0.15, -0.1) is 0 Å². The van der Waals surface area contributed by atoms with Crippen LogP contribution in [0.3, 0.4) is 0 Å². The molecule has 0 bridgehead atoms. The Balaban J connectivity index is 2.18. The smallest absolute Gasteiger partial charge is 0.166 e. The molecule has 2 nitrogen and oxygen atoms in total. The maximum atomic E-state index is 13.1. The topological polar surface area (TPSA) is 43.1 Å². The van der Waals surface area contributed by atoms with Gasteiger partial charge >= 0.3 is 0 Å². The van der Waals surface area contributed by atoms with Crippen molar-refractivity contribution in [2.75, 3.05) is 6.54 Å². The molecular weight excluding hydrogens is 217 g/mol. The van der Waals surface area contributed by atoms with Gasteiger partial charge in [0.15, 0.2) is 5.78 Å². The molecule has 1 fully saturated rings. The van der Waals surface area contributed by atoms with Gasteiger partial charge in [0.05, 0.1) is 0 Å². The Morgan fingerprint density at radius 1 is 1.35 bits per heavy atom. The lowest BCUT2D eigenvalue weighted by molar-refractivity contribution is 0.0829. The van der Waals surface area contributed by atoms with Crippen LogP contribution in [0.2, 0.25) is 0 Å². The monoisotopic (exact) mass is 235 g/mol. The minimum absolute atomic E-state index is 0.0180. The maximum Gasteiger partial charge on any atom is 0.166 e. The van der Waals surface area contributed by atoms with Gasteiger partial charge in [-0.05, 0) is 37.4 Å². The van der Waals surface area contributed by atoms with Crippen molar-refractivity contribution in [1.82, 2.24) is 0 Å². The van der Waals surface area contributed by atoms with Crippen molar-refractivity contribution in [3.05, 3.63) is 35.6 Å². The summed E-state index contributed by atoms with van der Waals surface area (Å²) in [7, 11) is 0. The van der Waals surface area contributed by atoms with Gasteiger partial charge < -0.3 is 5.73 Å². The first-order valence-electron chi connectivity index (χ1n) is 6.22. The number of rotatable bonds is 3. The van der Waals surface area contributed by atoms with E-state index in [1.165, 1.54) is 12.1 Å². The molecule has 2 N–H and O–H groups in total. The molecule has 92 valence electrons. The molecule has 2 atom stereocenters. The lowest BCUT2D eigenvalue weighted by Crippen LogP contribution is -2.32. The zero-order chi connectivity index (χ0) is 12.3. The van der Waals surface area contributed by atoms with E-state index in [9.17, 15) is 9.18 Å². The molecule has 1 aromatic rings. The molecule has 1 saturated carbocycles. The van der Waals surface area contributed by atoms with E-state index in [0.29, 0.717) is 12.1 Å². The van der Waals surface area contributed by atoms with Crippen LogP contribution < -0.4 is 5.73 Å². The highest BCUT2D eigenvalue weighted by Gasteiger charge is 2.30. The Morgan fingerprint density at radius 3 is 2.82 bits per heavy atom. The van der Waals surface area contributed by atoms with Crippen LogP contribution in [0.4, 0.5) is 4.39 Å². The summed E-state index contributed by atoms with van der Waals surface area (Å²) in [6, 6.07) is 5.96. The van der Waals surface area contributed by atoms with Gasteiger partial charge in [0.25, 0.3) is 0 Å². The number of carbonyl (C=O) groups excluding carboxylic acids is 1. The lowest BCUT2D eigenvalue weighted by atomic mass is 9.75. The highest BCUT2D eigenvalue weighted by molar-refractivity contribution is 5.98. The van der Waals surface area contributed by atoms with Gasteiger partial charge in [0.2, 0.25) is 0 Å². The Labute approximate surface area is 101 Å². The van der Waals surface area contributed by atoms with Crippen LogP contribution in [0.15, 0.2) is 24.3 Å². The maximum absolute atomic E-state index is 13.1. The van der Waals surface area contributed by atoms with Crippen molar-refractivity contribution in [1.29, 1.82) is 0 Å². The number of hydrogen-bond acceptors (Lipinski definition) is 2. The average Bonchev–Trinajstić information content (AvgIpc) is 2.38. The van der Waals surface area contributed by atoms with Crippen molar-refractivity contribution < 1.29 is 9.18 Å². The van der Waals surface area contributed by atoms with Gasteiger partial charge in [-0.2, -0.15) is 0 Å². The number of Topliss-reactive ketones (excluding diaryl/α,β-unsaturated/α-hetero) is 1. The summed E-state index contributed by atoms with van der Waals surface area (Å²) >= 11 is 0. The number of carbonyl (C=O) groups is 1. The third kappa shape index (κ3) is 2.72. The van der Waals surface area contributed by atoms with Gasteiger partial charge in [0.1, 0.15) is 5.82 Å². The number of hydrogen-bond donors (Lipinski definition) is 1. The number of ketones is 1. The molecule has 1 aliphatic carbocycles. The minimum atomic E-state index is -0.351. The molecule has 1 aliphatic rings. The molecule has 0 amide bonds. The van der Waals surface area contributed by atoms with E-state index in [2.05, 4.69) is 0 Å². The third-order valence-corrected chi connectivity index (χ3v) is 3.66. The Bertz CT molecular complexity index is 405. The van der Waals surface area contributed by atoms with E-state index < -0.39 is 0 Å². The zero-order valence-electron chi connectivity index (χ0n) is 9.86. The summed E-state index contributed by atoms with van der Waals surface area (Å²) in [5.74, 6) is -0.0503. The quantitative estimate of drug-likeness (QED) is 0.819. The average molecular weight is 235 g/mol. The summed E-state index contributed by atoms with van der Waals surface area (Å²) in [5, 5.41) is 0. The predicted molar refractivity (Wildman–Crippen MR) is 65.2 cm³/mol. The summed E-state index contributed by atoms with van der Waals surface area (Å²) in [6.07, 6.45) is 4.12. The first-order chi connectivity index (χ1) is 8.22. The largest absolute Gasteiger partial charge is 0.330 e. The summed E-state index contributed by atoms with van der Waals surface area (Å²) in [6.45, 7) is 0.547. The fourth-order valence-corrected chi connectivity index (χ4v) is 2.69. The van der Waals surface area contributed by atoms with Crippen molar-refractivity contribution >= 4 is 5.78 Å². The van der Waals surface area contributed by atoms with Crippen molar-refractivity contribution in [2.45, 2.75) is 25.7 Å². The van der Waals surface area contributed by atoms with E-state index in [0.717, 1.165) is 25.7 Å². The normalized spacial score (nSPS) is 24.6. The molecule has 0 spiro atoms. The molecule has 0 saturated heterocycles. The number of halogens is 1. The van der Waals surface area contributed by atoms with Gasteiger partial charge in [0, 0.05) is 11.5 Å². The molecule has 2 rings (SSSR count). The van der Waals surface area contributed by atoms with Crippen LogP contribution in [0.1, 0.15) is 36.0 Å². The fraction of sp³-hybridized carbons (Fsp3) is 0.500. The SMILES string of the molecule is NCC1CCCCC1C(=O)c1cccc(F)c1. The van der Waals surface area contributed by atoms with E-state index in [4.69, 9.17) is 5.73 Å². The van der Waals surface area contributed by atoms with E-state index in [1.807, 2.05) is 0 Å². The molecule has 0 heterocycles. The molecule has 3 heteroatoms. The Hall–Kier alpha value is -1.22. The number of benzene rings is 1. The lowest BCUT2D eigenvalue weighted by Gasteiger charge is -2.29. The van der Waals surface area contributed by atoms with Crippen LogP contribution in [-0.2, 0) is 0 Å². The third-order valence-electron chi connectivity index (χ3n) is 3.66. The summed E-state index contributed by atoms with van der Waals surface area (Å²) in [4.78, 5) is 12.3. The van der Waals surface area contributed by atoms with Crippen LogP contribution in [-0.4, -0.2) is 12.3 Å². The fourth-order valence-electron chi connectivity index (χ4n) is 2.69. The number of nitrogens with two attached hydrogens (primary N) is 1. The second kappa shape index (κ2) is 5.41. The van der Waals surface area contributed by atoms with E-state index >= 15 is 0 Å². The van der Waals surface area contributed by atoms with Crippen LogP contribution in [0, 0.1) is 17.7 Å². The standard InChI is InChI=1S/C14H18FNO/c15-12-6-3-5-10(8-12)14(17)13-7-2-1-4-11(13)9-16/h3,5-6,8,11,13H,1-2,4,7,9,16H2. The van der Waals surface area contributed by atoms with Crippen LogP contribution >= 0.6 is 0 Å². The molecule has 0 aromatic heterocycles. The second-order valence-corrected chi connectivity index (χ2v) is 4.76. The summed E-state index contributed by atoms with van der Waals surface area (Å²) in [5.41, 5.74) is 6.19. The summed E-state index contributed by atoms with van der Waals surface area (Å²) < 4.78 is 13.1. The van der Waals surface area contributed by atoms with Crippen molar-refractivity contribution in [3.63, 3.8) is 0 Å². The molecule has 17 heavy (non-hydrogen) atoms. The van der Waals surface area contributed by atoms with Gasteiger partial charge in [-0.25, -0.2) is 4.39 Å². The highest BCUT2D eigenvalue weighted by Crippen LogP contribution is 2.31. The van der Waals surface area contributed by atoms with Crippen LogP contribution in [0.25, 0.3) is 0 Å². The van der Waals surface area contributed by atoms with E-state index in [-0.39, 0.29) is 23.4 Å². The first-order valence-corrected chi connectivity index (χ1v) is 6.22. The Morgan fingerprint density at radius 2 is 2.12 bits per heavy atom. The Kier molecular flexibility index (Phi) is 3.89. The van der Waals surface area contributed by atoms with Crippen molar-refractivity contribution in [2.24, 2.45) is 17.6 Å². The minimum Gasteiger partial charge on any atom is -0.330 e. The molecular formula is C14H18FNO. The van der Waals surface area contributed by atoms with Crippen molar-refractivity contribution in [3.8, 4) is 0 Å².